The molecule has 3 rings (SSSR count). The minimum Gasteiger partial charge on any atom is -0.399 e. The molecule has 2 aromatic carbocycles. The first kappa shape index (κ1) is 20.3. The Morgan fingerprint density at radius 2 is 1.39 bits per heavy atom. The Morgan fingerprint density at radius 3 is 1.89 bits per heavy atom. The molecule has 0 radical (unpaired) electrons. The molecular weight excluding hydrogens is 375 g/mol. The molecule has 3 aromatic rings. The number of aromatic nitrogens is 2. The van der Waals surface area contributed by atoms with Gasteiger partial charge in [0.2, 0.25) is 0 Å². The second kappa shape index (κ2) is 9.20. The summed E-state index contributed by atoms with van der Waals surface area (Å²) >= 11 is 0. The number of rotatable bonds is 9. The maximum absolute atomic E-state index is 13.1. The molecule has 0 amide bonds. The molecule has 0 atom stereocenters. The van der Waals surface area contributed by atoms with E-state index in [0.717, 1.165) is 16.8 Å². The number of hydrogen-bond donors (Lipinski definition) is 0. The van der Waals surface area contributed by atoms with E-state index in [0.29, 0.717) is 18.0 Å². The van der Waals surface area contributed by atoms with Crippen molar-refractivity contribution >= 4 is 7.82 Å². The van der Waals surface area contributed by atoms with Gasteiger partial charge in [-0.25, -0.2) is 4.57 Å². The van der Waals surface area contributed by atoms with E-state index in [4.69, 9.17) is 18.7 Å². The average molecular weight is 400 g/mol. The highest BCUT2D eigenvalue weighted by Gasteiger charge is 2.33. The normalized spacial score (nSPS) is 11.5. The first-order valence-electron chi connectivity index (χ1n) is 9.42. The lowest BCUT2D eigenvalue weighted by Gasteiger charge is -2.18. The molecule has 1 heterocycles. The molecule has 0 N–H and O–H groups in total. The fourth-order valence-corrected chi connectivity index (χ4v) is 4.15. The lowest BCUT2D eigenvalue weighted by molar-refractivity contribution is 0.168. The second-order valence-electron chi connectivity index (χ2n) is 5.95. The zero-order valence-corrected chi connectivity index (χ0v) is 17.3. The van der Waals surface area contributed by atoms with Crippen LogP contribution in [0.4, 0.5) is 0 Å². The Morgan fingerprint density at radius 1 is 0.857 bits per heavy atom. The van der Waals surface area contributed by atoms with Crippen molar-refractivity contribution in [3.8, 4) is 28.3 Å². The summed E-state index contributed by atoms with van der Waals surface area (Å²) < 4.78 is 31.7. The van der Waals surface area contributed by atoms with Gasteiger partial charge in [-0.3, -0.25) is 13.7 Å². The summed E-state index contributed by atoms with van der Waals surface area (Å²) in [4.78, 5) is 0. The van der Waals surface area contributed by atoms with Crippen LogP contribution in [0, 0.1) is 0 Å². The highest BCUT2D eigenvalue weighted by atomic mass is 31.2. The van der Waals surface area contributed by atoms with E-state index in [1.165, 1.54) is 0 Å². The molecule has 0 fully saturated rings. The van der Waals surface area contributed by atoms with E-state index in [1.807, 2.05) is 72.3 Å². The van der Waals surface area contributed by atoms with Crippen molar-refractivity contribution in [2.45, 2.75) is 27.3 Å². The van der Waals surface area contributed by atoms with Crippen LogP contribution in [0.3, 0.4) is 0 Å². The molecule has 0 aliphatic carbocycles. The van der Waals surface area contributed by atoms with Crippen LogP contribution in [0.15, 0.2) is 60.7 Å². The Balaban J connectivity index is 2.22. The molecule has 7 heteroatoms. The quantitative estimate of drug-likeness (QED) is 0.425. The summed E-state index contributed by atoms with van der Waals surface area (Å²) in [6.07, 6.45) is 0. The summed E-state index contributed by atoms with van der Waals surface area (Å²) in [5.41, 5.74) is 3.11. The molecule has 28 heavy (non-hydrogen) atoms. The molecule has 0 saturated heterocycles. The molecule has 0 aliphatic heterocycles. The third-order valence-corrected chi connectivity index (χ3v) is 5.64. The minimum atomic E-state index is -3.79. The van der Waals surface area contributed by atoms with Gasteiger partial charge in [0.15, 0.2) is 5.75 Å². The van der Waals surface area contributed by atoms with Gasteiger partial charge in [0.25, 0.3) is 0 Å². The van der Waals surface area contributed by atoms with E-state index in [-0.39, 0.29) is 13.2 Å². The van der Waals surface area contributed by atoms with Crippen LogP contribution in [0.1, 0.15) is 20.8 Å². The summed E-state index contributed by atoms with van der Waals surface area (Å²) in [5.74, 6) is 0.393. The van der Waals surface area contributed by atoms with Crippen LogP contribution in [0.25, 0.3) is 22.5 Å². The first-order valence-corrected chi connectivity index (χ1v) is 10.9. The summed E-state index contributed by atoms with van der Waals surface area (Å²) in [7, 11) is -3.79. The van der Waals surface area contributed by atoms with Crippen LogP contribution in [-0.2, 0) is 20.2 Å². The third kappa shape index (κ3) is 4.36. The van der Waals surface area contributed by atoms with Gasteiger partial charge in [0.05, 0.1) is 13.2 Å². The molecule has 0 bridgehead atoms. The molecule has 0 aliphatic rings. The molecule has 148 valence electrons. The van der Waals surface area contributed by atoms with E-state index in [2.05, 4.69) is 0 Å². The van der Waals surface area contributed by atoms with Gasteiger partial charge in [-0.2, -0.15) is 5.10 Å². The van der Waals surface area contributed by atoms with Gasteiger partial charge >= 0.3 is 7.82 Å². The van der Waals surface area contributed by atoms with Gasteiger partial charge in [-0.05, 0) is 20.8 Å². The number of benzene rings is 2. The van der Waals surface area contributed by atoms with Gasteiger partial charge < -0.3 is 4.52 Å². The van der Waals surface area contributed by atoms with Crippen molar-refractivity contribution in [2.75, 3.05) is 13.2 Å². The van der Waals surface area contributed by atoms with Crippen molar-refractivity contribution in [1.29, 1.82) is 0 Å². The average Bonchev–Trinajstić information content (AvgIpc) is 3.07. The van der Waals surface area contributed by atoms with E-state index >= 15 is 0 Å². The lowest BCUT2D eigenvalue weighted by Crippen LogP contribution is -2.04. The van der Waals surface area contributed by atoms with Crippen LogP contribution < -0.4 is 4.52 Å². The van der Waals surface area contributed by atoms with E-state index < -0.39 is 7.82 Å². The van der Waals surface area contributed by atoms with E-state index in [9.17, 15) is 4.57 Å². The van der Waals surface area contributed by atoms with Crippen molar-refractivity contribution in [1.82, 2.24) is 9.78 Å². The molecule has 0 unspecified atom stereocenters. The zero-order valence-electron chi connectivity index (χ0n) is 16.4. The minimum absolute atomic E-state index is 0.209. The second-order valence-corrected chi connectivity index (χ2v) is 7.54. The number of nitrogens with zero attached hydrogens (tertiary/aromatic N) is 2. The predicted molar refractivity (Wildman–Crippen MR) is 110 cm³/mol. The van der Waals surface area contributed by atoms with Crippen LogP contribution in [0.2, 0.25) is 0 Å². The summed E-state index contributed by atoms with van der Waals surface area (Å²) in [6, 6.07) is 19.4. The first-order chi connectivity index (χ1) is 13.6. The maximum Gasteiger partial charge on any atom is 0.530 e. The fraction of sp³-hybridized carbons (Fsp3) is 0.286. The van der Waals surface area contributed by atoms with Gasteiger partial charge in [0.1, 0.15) is 11.4 Å². The molecule has 1 aromatic heterocycles. The van der Waals surface area contributed by atoms with Crippen LogP contribution >= 0.6 is 7.82 Å². The SMILES string of the molecule is CCOP(=O)(OCC)Oc1c(-c2ccccc2)nn(CC)c1-c1ccccc1. The van der Waals surface area contributed by atoms with Crippen molar-refractivity contribution in [3.63, 3.8) is 0 Å². The summed E-state index contributed by atoms with van der Waals surface area (Å²) in [6.45, 7) is 6.55. The predicted octanol–water partition coefficient (Wildman–Crippen LogP) is 5.80. The lowest BCUT2D eigenvalue weighted by atomic mass is 10.1. The van der Waals surface area contributed by atoms with Crippen molar-refractivity contribution in [2.24, 2.45) is 0 Å². The maximum atomic E-state index is 13.1. The fourth-order valence-electron chi connectivity index (χ4n) is 2.94. The number of phosphoric ester groups is 1. The highest BCUT2D eigenvalue weighted by molar-refractivity contribution is 7.48. The zero-order chi connectivity index (χ0) is 20.0. The monoisotopic (exact) mass is 400 g/mol. The van der Waals surface area contributed by atoms with Crippen molar-refractivity contribution in [3.05, 3.63) is 60.7 Å². The van der Waals surface area contributed by atoms with Gasteiger partial charge in [-0.15, -0.1) is 0 Å². The van der Waals surface area contributed by atoms with Gasteiger partial charge in [-0.1, -0.05) is 60.7 Å². The Kier molecular flexibility index (Phi) is 6.68. The van der Waals surface area contributed by atoms with Crippen LogP contribution in [-0.4, -0.2) is 23.0 Å². The van der Waals surface area contributed by atoms with E-state index in [1.54, 1.807) is 13.8 Å². The highest BCUT2D eigenvalue weighted by Crippen LogP contribution is 2.53. The topological polar surface area (TPSA) is 62.6 Å². The Bertz CT molecular complexity index is 932. The molecule has 0 spiro atoms. The molecular formula is C21H25N2O4P. The molecule has 0 saturated carbocycles. The molecule has 6 nitrogen and oxygen atoms in total. The van der Waals surface area contributed by atoms with Crippen LogP contribution in [0.5, 0.6) is 5.75 Å². The van der Waals surface area contributed by atoms with Gasteiger partial charge in [0, 0.05) is 17.7 Å². The third-order valence-electron chi connectivity index (χ3n) is 4.08. The Hall–Kier alpha value is -2.40. The standard InChI is InChI=1S/C21H25N2O4P/c1-4-23-20(18-15-11-8-12-16-18)21(27-28(24,25-5-2)26-6-3)19(22-23)17-13-9-7-10-14-17/h7-16H,4-6H2,1-3H3. The number of phosphoric acid groups is 1. The summed E-state index contributed by atoms with van der Waals surface area (Å²) in [5, 5.41) is 4.74. The number of hydrogen-bond acceptors (Lipinski definition) is 5. The Labute approximate surface area is 165 Å². The number of aryl methyl sites for hydroxylation is 1. The largest absolute Gasteiger partial charge is 0.530 e. The smallest absolute Gasteiger partial charge is 0.399 e. The van der Waals surface area contributed by atoms with Crippen molar-refractivity contribution < 1.29 is 18.1 Å².